The van der Waals surface area contributed by atoms with E-state index in [0.29, 0.717) is 18.7 Å². The highest BCUT2D eigenvalue weighted by Gasteiger charge is 2.20. The van der Waals surface area contributed by atoms with Gasteiger partial charge in [-0.15, -0.1) is 0 Å². The largest absolute Gasteiger partial charge is 0.493 e. The van der Waals surface area contributed by atoms with Gasteiger partial charge in [0.15, 0.2) is 0 Å². The molecule has 1 atom stereocenters. The molecule has 2 aromatic rings. The lowest BCUT2D eigenvalue weighted by Crippen LogP contribution is -2.35. The summed E-state index contributed by atoms with van der Waals surface area (Å²) in [5.74, 6) is 0.998. The average Bonchev–Trinajstić information content (AvgIpc) is 2.53. The third kappa shape index (κ3) is 3.13. The number of rotatable bonds is 3. The van der Waals surface area contributed by atoms with Crippen LogP contribution < -0.4 is 15.6 Å². The summed E-state index contributed by atoms with van der Waals surface area (Å²) in [4.78, 5) is 25.4. The number of hydrogen-bond donors (Lipinski definition) is 2. The maximum atomic E-state index is 12.0. The second-order valence-electron chi connectivity index (χ2n) is 5.14. The van der Waals surface area contributed by atoms with Gasteiger partial charge in [0.2, 0.25) is 5.56 Å². The van der Waals surface area contributed by atoms with Crippen molar-refractivity contribution in [1.29, 1.82) is 0 Å². The average molecular weight is 284 g/mol. The van der Waals surface area contributed by atoms with Gasteiger partial charge in [-0.05, 0) is 24.1 Å². The first-order chi connectivity index (χ1) is 10.2. The molecule has 0 fully saturated rings. The number of pyridine rings is 1. The molecule has 3 rings (SSSR count). The molecule has 2 N–H and O–H groups in total. The molecule has 0 aliphatic carbocycles. The first-order valence-electron chi connectivity index (χ1n) is 6.90. The Balaban J connectivity index is 1.58. The van der Waals surface area contributed by atoms with E-state index in [2.05, 4.69) is 10.3 Å². The lowest BCUT2D eigenvalue weighted by atomic mass is 9.97. The molecule has 1 aliphatic rings. The summed E-state index contributed by atoms with van der Waals surface area (Å²) >= 11 is 0. The number of hydrogen-bond acceptors (Lipinski definition) is 3. The van der Waals surface area contributed by atoms with Crippen LogP contribution in [-0.4, -0.2) is 24.0 Å². The van der Waals surface area contributed by atoms with Gasteiger partial charge in [0, 0.05) is 24.7 Å². The lowest BCUT2D eigenvalue weighted by Gasteiger charge is -2.25. The Labute approximate surface area is 122 Å². The van der Waals surface area contributed by atoms with Crippen LogP contribution in [0.25, 0.3) is 0 Å². The van der Waals surface area contributed by atoms with E-state index in [9.17, 15) is 9.59 Å². The van der Waals surface area contributed by atoms with E-state index in [0.717, 1.165) is 12.2 Å². The van der Waals surface area contributed by atoms with E-state index < -0.39 is 0 Å². The lowest BCUT2D eigenvalue weighted by molar-refractivity contribution is 0.0938. The Morgan fingerprint density at radius 2 is 2.14 bits per heavy atom. The maximum Gasteiger partial charge on any atom is 0.252 e. The Bertz CT molecular complexity index is 688. The maximum absolute atomic E-state index is 12.0. The van der Waals surface area contributed by atoms with Gasteiger partial charge in [-0.1, -0.05) is 18.2 Å². The smallest absolute Gasteiger partial charge is 0.252 e. The van der Waals surface area contributed by atoms with Crippen LogP contribution in [0.15, 0.2) is 47.4 Å². The van der Waals surface area contributed by atoms with Crippen molar-refractivity contribution in [3.05, 3.63) is 64.1 Å². The van der Waals surface area contributed by atoms with E-state index in [1.807, 2.05) is 24.3 Å². The Kier molecular flexibility index (Phi) is 3.73. The fourth-order valence-corrected chi connectivity index (χ4v) is 2.41. The van der Waals surface area contributed by atoms with Gasteiger partial charge in [-0.3, -0.25) is 9.59 Å². The number of carbonyl (C=O) groups excluding carboxylic acids is 1. The molecule has 1 aromatic heterocycles. The zero-order valence-corrected chi connectivity index (χ0v) is 11.5. The molecule has 21 heavy (non-hydrogen) atoms. The summed E-state index contributed by atoms with van der Waals surface area (Å²) in [6.07, 6.45) is 2.31. The monoisotopic (exact) mass is 284 g/mol. The highest BCUT2D eigenvalue weighted by molar-refractivity contribution is 5.93. The molecule has 1 aliphatic heterocycles. The molecule has 5 nitrogen and oxygen atoms in total. The zero-order valence-electron chi connectivity index (χ0n) is 11.5. The standard InChI is InChI=1S/C16H16N2O3/c19-15-6-5-13(9-17-15)16(20)18-8-11-7-12-3-1-2-4-14(12)21-10-11/h1-6,9,11H,7-8,10H2,(H,17,19)(H,18,20)/t11-/m0/s1. The molecule has 0 radical (unpaired) electrons. The van der Waals surface area contributed by atoms with Crippen LogP contribution in [0.2, 0.25) is 0 Å². The third-order valence-electron chi connectivity index (χ3n) is 3.55. The summed E-state index contributed by atoms with van der Waals surface area (Å²) in [5.41, 5.74) is 1.41. The van der Waals surface area contributed by atoms with Crippen LogP contribution in [-0.2, 0) is 6.42 Å². The Morgan fingerprint density at radius 1 is 1.29 bits per heavy atom. The van der Waals surface area contributed by atoms with Crippen LogP contribution in [0.4, 0.5) is 0 Å². The van der Waals surface area contributed by atoms with Crippen LogP contribution >= 0.6 is 0 Å². The van der Waals surface area contributed by atoms with Crippen molar-refractivity contribution in [2.75, 3.05) is 13.2 Å². The van der Waals surface area contributed by atoms with Gasteiger partial charge < -0.3 is 15.0 Å². The number of aromatic nitrogens is 1. The number of para-hydroxylation sites is 1. The van der Waals surface area contributed by atoms with Crippen molar-refractivity contribution in [2.45, 2.75) is 6.42 Å². The van der Waals surface area contributed by atoms with Gasteiger partial charge in [-0.25, -0.2) is 0 Å². The number of fused-ring (bicyclic) bond motifs is 1. The minimum absolute atomic E-state index is 0.190. The fourth-order valence-electron chi connectivity index (χ4n) is 2.41. The van der Waals surface area contributed by atoms with Gasteiger partial charge in [0.25, 0.3) is 5.91 Å². The van der Waals surface area contributed by atoms with Gasteiger partial charge in [0.05, 0.1) is 12.2 Å². The Hall–Kier alpha value is -2.56. The number of amides is 1. The fraction of sp³-hybridized carbons (Fsp3) is 0.250. The predicted molar refractivity (Wildman–Crippen MR) is 78.5 cm³/mol. The molecule has 1 amide bonds. The molecular weight excluding hydrogens is 268 g/mol. The molecule has 0 saturated heterocycles. The number of nitrogens with one attached hydrogen (secondary N) is 2. The molecule has 0 saturated carbocycles. The molecule has 2 heterocycles. The van der Waals surface area contributed by atoms with Gasteiger partial charge in [-0.2, -0.15) is 0 Å². The minimum Gasteiger partial charge on any atom is -0.493 e. The van der Waals surface area contributed by atoms with Crippen LogP contribution in [0.5, 0.6) is 5.75 Å². The van der Waals surface area contributed by atoms with E-state index in [4.69, 9.17) is 4.74 Å². The van der Waals surface area contributed by atoms with Gasteiger partial charge in [0.1, 0.15) is 5.75 Å². The number of ether oxygens (including phenoxy) is 1. The van der Waals surface area contributed by atoms with Crippen LogP contribution in [0.1, 0.15) is 15.9 Å². The minimum atomic E-state index is -0.219. The summed E-state index contributed by atoms with van der Waals surface area (Å²) < 4.78 is 5.69. The predicted octanol–water partition coefficient (Wildman–Crippen LogP) is 1.36. The first-order valence-corrected chi connectivity index (χ1v) is 6.90. The molecule has 108 valence electrons. The molecule has 0 bridgehead atoms. The van der Waals surface area contributed by atoms with E-state index >= 15 is 0 Å². The van der Waals surface area contributed by atoms with Crippen LogP contribution in [0, 0.1) is 5.92 Å². The van der Waals surface area contributed by atoms with E-state index in [1.54, 1.807) is 0 Å². The summed E-state index contributed by atoms with van der Waals surface area (Å²) in [6, 6.07) is 10.8. The highest BCUT2D eigenvalue weighted by Crippen LogP contribution is 2.26. The van der Waals surface area contributed by atoms with Crippen LogP contribution in [0.3, 0.4) is 0 Å². The SMILES string of the molecule is O=C(NC[C@H]1COc2ccccc2C1)c1ccc(=O)[nH]c1. The summed E-state index contributed by atoms with van der Waals surface area (Å²) in [6.45, 7) is 1.15. The highest BCUT2D eigenvalue weighted by atomic mass is 16.5. The molecular formula is C16H16N2O3. The first kappa shape index (κ1) is 13.4. The van der Waals surface area contributed by atoms with E-state index in [-0.39, 0.29) is 17.4 Å². The number of H-pyrrole nitrogens is 1. The molecule has 5 heteroatoms. The van der Waals surface area contributed by atoms with Gasteiger partial charge >= 0.3 is 0 Å². The quantitative estimate of drug-likeness (QED) is 0.894. The van der Waals surface area contributed by atoms with Crippen molar-refractivity contribution in [2.24, 2.45) is 5.92 Å². The number of aromatic amines is 1. The van der Waals surface area contributed by atoms with E-state index in [1.165, 1.54) is 23.9 Å². The van der Waals surface area contributed by atoms with Crippen molar-refractivity contribution in [3.63, 3.8) is 0 Å². The zero-order chi connectivity index (χ0) is 14.7. The van der Waals surface area contributed by atoms with Crippen molar-refractivity contribution in [3.8, 4) is 5.75 Å². The number of carbonyl (C=O) groups is 1. The summed E-state index contributed by atoms with van der Waals surface area (Å²) in [7, 11) is 0. The second-order valence-corrected chi connectivity index (χ2v) is 5.14. The number of benzene rings is 1. The summed E-state index contributed by atoms with van der Waals surface area (Å²) in [5, 5.41) is 2.88. The second kappa shape index (κ2) is 5.83. The molecule has 0 unspecified atom stereocenters. The molecule has 1 aromatic carbocycles. The van der Waals surface area contributed by atoms with Crippen molar-refractivity contribution >= 4 is 5.91 Å². The van der Waals surface area contributed by atoms with Crippen molar-refractivity contribution < 1.29 is 9.53 Å². The third-order valence-corrected chi connectivity index (χ3v) is 3.55. The Morgan fingerprint density at radius 3 is 2.95 bits per heavy atom. The topological polar surface area (TPSA) is 71.2 Å². The molecule has 0 spiro atoms. The normalized spacial score (nSPS) is 16.7. The van der Waals surface area contributed by atoms with Crippen molar-refractivity contribution in [1.82, 2.24) is 10.3 Å².